The lowest BCUT2D eigenvalue weighted by Gasteiger charge is -2.00. The highest BCUT2D eigenvalue weighted by molar-refractivity contribution is 5.97. The Kier molecular flexibility index (Phi) is 1.77. The van der Waals surface area contributed by atoms with Crippen molar-refractivity contribution < 1.29 is 0 Å². The first-order chi connectivity index (χ1) is 7.75. The summed E-state index contributed by atoms with van der Waals surface area (Å²) >= 11 is 0. The van der Waals surface area contributed by atoms with E-state index in [9.17, 15) is 0 Å². The van der Waals surface area contributed by atoms with E-state index >= 15 is 0 Å². The second-order valence-corrected chi connectivity index (χ2v) is 3.85. The van der Waals surface area contributed by atoms with Crippen LogP contribution < -0.4 is 5.73 Å². The van der Waals surface area contributed by atoms with Crippen LogP contribution in [0.3, 0.4) is 0 Å². The maximum absolute atomic E-state index is 5.89. The fraction of sp³-hybridized carbons (Fsp3) is 0.0833. The molecule has 2 heterocycles. The van der Waals surface area contributed by atoms with Gasteiger partial charge in [0.1, 0.15) is 0 Å². The Hall–Kier alpha value is -2.23. The van der Waals surface area contributed by atoms with Crippen molar-refractivity contribution in [1.82, 2.24) is 14.8 Å². The third-order valence-electron chi connectivity index (χ3n) is 2.74. The van der Waals surface area contributed by atoms with E-state index < -0.39 is 0 Å². The van der Waals surface area contributed by atoms with Gasteiger partial charge in [0.25, 0.3) is 0 Å². The fourth-order valence-corrected chi connectivity index (χ4v) is 2.03. The summed E-state index contributed by atoms with van der Waals surface area (Å²) in [5, 5.41) is 5.33. The Balaban J connectivity index is 2.33. The second-order valence-electron chi connectivity index (χ2n) is 3.85. The number of rotatable bonds is 1. The highest BCUT2D eigenvalue weighted by Crippen LogP contribution is 2.31. The predicted molar refractivity (Wildman–Crippen MR) is 64.9 cm³/mol. The summed E-state index contributed by atoms with van der Waals surface area (Å²) in [6.45, 7) is 0. The monoisotopic (exact) mass is 212 g/mol. The van der Waals surface area contributed by atoms with Gasteiger partial charge >= 0.3 is 0 Å². The molecule has 4 nitrogen and oxygen atoms in total. The molecule has 0 fully saturated rings. The van der Waals surface area contributed by atoms with Gasteiger partial charge in [0, 0.05) is 35.9 Å². The minimum Gasteiger partial charge on any atom is -0.382 e. The highest BCUT2D eigenvalue weighted by Gasteiger charge is 2.10. The molecule has 0 saturated heterocycles. The first kappa shape index (κ1) is 9.03. The Morgan fingerprint density at radius 3 is 2.88 bits per heavy atom. The van der Waals surface area contributed by atoms with Crippen molar-refractivity contribution in [2.24, 2.45) is 7.05 Å². The molecule has 0 aliphatic heterocycles. The number of nitrogens with two attached hydrogens (primary N) is 1. The molecule has 3 rings (SSSR count). The van der Waals surface area contributed by atoms with Crippen LogP contribution in [0.1, 0.15) is 0 Å². The number of fused-ring (bicyclic) bond motifs is 1. The second kappa shape index (κ2) is 3.13. The molecule has 0 aliphatic rings. The van der Waals surface area contributed by atoms with Crippen LogP contribution >= 0.6 is 0 Å². The molecule has 2 aromatic heterocycles. The van der Waals surface area contributed by atoms with Crippen LogP contribution in [-0.4, -0.2) is 14.8 Å². The van der Waals surface area contributed by atoms with Crippen LogP contribution in [0.2, 0.25) is 0 Å². The predicted octanol–water partition coefficient (Wildman–Crippen LogP) is 2.15. The van der Waals surface area contributed by atoms with Crippen LogP contribution in [0, 0.1) is 0 Å². The lowest BCUT2D eigenvalue weighted by molar-refractivity contribution is 0.772. The number of hydrogen-bond donors (Lipinski definition) is 2. The first-order valence-corrected chi connectivity index (χ1v) is 5.11. The minimum absolute atomic E-state index is 0.566. The molecule has 4 heteroatoms. The average Bonchev–Trinajstić information content (AvgIpc) is 2.84. The van der Waals surface area contributed by atoms with Gasteiger partial charge in [-0.05, 0) is 17.7 Å². The number of anilines is 1. The number of nitrogens with one attached hydrogen (secondary N) is 1. The van der Waals surface area contributed by atoms with Gasteiger partial charge < -0.3 is 10.7 Å². The van der Waals surface area contributed by atoms with E-state index in [0.29, 0.717) is 5.82 Å². The Bertz CT molecular complexity index is 648. The van der Waals surface area contributed by atoms with Gasteiger partial charge in [0.15, 0.2) is 5.82 Å². The zero-order valence-corrected chi connectivity index (χ0v) is 8.94. The third kappa shape index (κ3) is 1.20. The number of H-pyrrole nitrogens is 1. The number of nitrogen functional groups attached to an aromatic ring is 1. The van der Waals surface area contributed by atoms with E-state index in [2.05, 4.69) is 22.2 Å². The van der Waals surface area contributed by atoms with Crippen molar-refractivity contribution in [3.05, 3.63) is 36.7 Å². The zero-order chi connectivity index (χ0) is 11.1. The quantitative estimate of drug-likeness (QED) is 0.649. The van der Waals surface area contributed by atoms with Crippen molar-refractivity contribution >= 4 is 16.7 Å². The summed E-state index contributed by atoms with van der Waals surface area (Å²) in [5.74, 6) is 0.566. The molecule has 0 saturated carbocycles. The standard InChI is InChI=1S/C12H12N4/c1-16-7-10(12(13)15-16)8-3-2-4-11-9(8)5-6-14-11/h2-7,14H,1H3,(H2,13,15). The summed E-state index contributed by atoms with van der Waals surface area (Å²) in [7, 11) is 1.87. The molecule has 80 valence electrons. The van der Waals surface area contributed by atoms with Gasteiger partial charge in [-0.1, -0.05) is 12.1 Å². The van der Waals surface area contributed by atoms with Crippen molar-refractivity contribution in [2.45, 2.75) is 0 Å². The van der Waals surface area contributed by atoms with E-state index in [-0.39, 0.29) is 0 Å². The summed E-state index contributed by atoms with van der Waals surface area (Å²) in [4.78, 5) is 3.19. The molecule has 0 aliphatic carbocycles. The number of aromatic nitrogens is 3. The average molecular weight is 212 g/mol. The van der Waals surface area contributed by atoms with E-state index in [0.717, 1.165) is 16.6 Å². The van der Waals surface area contributed by atoms with Gasteiger partial charge in [-0.25, -0.2) is 0 Å². The number of aryl methyl sites for hydroxylation is 1. The molecule has 3 aromatic rings. The number of aromatic amines is 1. The van der Waals surface area contributed by atoms with Crippen molar-refractivity contribution in [3.63, 3.8) is 0 Å². The summed E-state index contributed by atoms with van der Waals surface area (Å²) in [6.07, 6.45) is 3.87. The largest absolute Gasteiger partial charge is 0.382 e. The first-order valence-electron chi connectivity index (χ1n) is 5.11. The molecule has 0 amide bonds. The van der Waals surface area contributed by atoms with Gasteiger partial charge in [-0.3, -0.25) is 4.68 Å². The Labute approximate surface area is 92.7 Å². The molecule has 0 atom stereocenters. The molecule has 0 radical (unpaired) electrons. The lowest BCUT2D eigenvalue weighted by Crippen LogP contribution is -1.90. The maximum atomic E-state index is 5.89. The zero-order valence-electron chi connectivity index (χ0n) is 8.94. The number of hydrogen-bond acceptors (Lipinski definition) is 2. The van der Waals surface area contributed by atoms with Crippen LogP contribution in [0.5, 0.6) is 0 Å². The molecular weight excluding hydrogens is 200 g/mol. The maximum Gasteiger partial charge on any atom is 0.153 e. The van der Waals surface area contributed by atoms with Gasteiger partial charge in [0.2, 0.25) is 0 Å². The lowest BCUT2D eigenvalue weighted by atomic mass is 10.0. The molecule has 16 heavy (non-hydrogen) atoms. The minimum atomic E-state index is 0.566. The highest BCUT2D eigenvalue weighted by atomic mass is 15.3. The van der Waals surface area contributed by atoms with Crippen LogP contribution in [0.25, 0.3) is 22.0 Å². The van der Waals surface area contributed by atoms with Crippen molar-refractivity contribution in [2.75, 3.05) is 5.73 Å². The SMILES string of the molecule is Cn1cc(-c2cccc3[nH]ccc23)c(N)n1. The molecule has 0 bridgehead atoms. The molecular formula is C12H12N4. The summed E-state index contributed by atoms with van der Waals surface area (Å²) in [6, 6.07) is 8.17. The van der Waals surface area contributed by atoms with Crippen LogP contribution in [0.15, 0.2) is 36.7 Å². The van der Waals surface area contributed by atoms with Crippen molar-refractivity contribution in [3.8, 4) is 11.1 Å². The fourth-order valence-electron chi connectivity index (χ4n) is 2.03. The van der Waals surface area contributed by atoms with E-state index in [1.165, 1.54) is 5.39 Å². The van der Waals surface area contributed by atoms with E-state index in [1.807, 2.05) is 31.6 Å². The van der Waals surface area contributed by atoms with Crippen LogP contribution in [-0.2, 0) is 7.05 Å². The summed E-state index contributed by atoms with van der Waals surface area (Å²) in [5.41, 5.74) is 9.10. The third-order valence-corrected chi connectivity index (χ3v) is 2.74. The molecule has 0 unspecified atom stereocenters. The Morgan fingerprint density at radius 2 is 2.12 bits per heavy atom. The summed E-state index contributed by atoms with van der Waals surface area (Å²) < 4.78 is 1.73. The molecule has 0 spiro atoms. The normalized spacial score (nSPS) is 11.1. The van der Waals surface area contributed by atoms with Gasteiger partial charge in [-0.2, -0.15) is 5.10 Å². The van der Waals surface area contributed by atoms with Gasteiger partial charge in [-0.15, -0.1) is 0 Å². The topological polar surface area (TPSA) is 59.6 Å². The van der Waals surface area contributed by atoms with Crippen LogP contribution in [0.4, 0.5) is 5.82 Å². The van der Waals surface area contributed by atoms with Crippen molar-refractivity contribution in [1.29, 1.82) is 0 Å². The van der Waals surface area contributed by atoms with E-state index in [4.69, 9.17) is 5.73 Å². The molecule has 3 N–H and O–H groups in total. The Morgan fingerprint density at radius 1 is 1.25 bits per heavy atom. The molecule has 1 aromatic carbocycles. The number of benzene rings is 1. The smallest absolute Gasteiger partial charge is 0.153 e. The van der Waals surface area contributed by atoms with E-state index in [1.54, 1.807) is 4.68 Å². The van der Waals surface area contributed by atoms with Gasteiger partial charge in [0.05, 0.1) is 0 Å². The number of nitrogens with zero attached hydrogens (tertiary/aromatic N) is 2.